The number of methoxy groups -OCH3 is 2. The molecular weight excluding hydrogens is 546 g/mol. The summed E-state index contributed by atoms with van der Waals surface area (Å²) in [5, 5.41) is 6.05. The van der Waals surface area contributed by atoms with Gasteiger partial charge in [0, 0.05) is 81.9 Å². The fraction of sp³-hybridized carbons (Fsp3) is 0.394. The van der Waals surface area contributed by atoms with Gasteiger partial charge < -0.3 is 29.7 Å². The van der Waals surface area contributed by atoms with E-state index in [2.05, 4.69) is 49.6 Å². The Morgan fingerprint density at radius 2 is 1.49 bits per heavy atom. The summed E-state index contributed by atoms with van der Waals surface area (Å²) < 4.78 is 16.1. The van der Waals surface area contributed by atoms with Crippen molar-refractivity contribution in [3.63, 3.8) is 0 Å². The molecule has 228 valence electrons. The summed E-state index contributed by atoms with van der Waals surface area (Å²) in [7, 11) is 3.08. The minimum Gasteiger partial charge on any atom is -0.497 e. The van der Waals surface area contributed by atoms with Crippen LogP contribution in [0.5, 0.6) is 11.5 Å². The van der Waals surface area contributed by atoms with Gasteiger partial charge in [-0.25, -0.2) is 0 Å². The van der Waals surface area contributed by atoms with E-state index < -0.39 is 0 Å². The Labute approximate surface area is 253 Å². The lowest BCUT2D eigenvalue weighted by atomic mass is 10.1. The van der Waals surface area contributed by atoms with E-state index in [1.54, 1.807) is 38.5 Å². The number of piperazine rings is 1. The number of nitrogens with zero attached hydrogens (tertiary/aromatic N) is 3. The average molecular weight is 588 g/mol. The number of carbonyl (C=O) groups excluding carboxylic acids is 2. The van der Waals surface area contributed by atoms with Crippen molar-refractivity contribution in [2.24, 2.45) is 0 Å². The number of nitrogens with one attached hydrogen (secondary N) is 2. The zero-order valence-corrected chi connectivity index (χ0v) is 25.0. The van der Waals surface area contributed by atoms with Crippen LogP contribution in [0.15, 0.2) is 66.7 Å². The normalized spacial score (nSPS) is 16.0. The number of benzene rings is 3. The first-order valence-corrected chi connectivity index (χ1v) is 14.8. The van der Waals surface area contributed by atoms with Crippen LogP contribution in [0.25, 0.3) is 0 Å². The molecule has 2 heterocycles. The Bertz CT molecular complexity index is 1350. The molecular formula is C33H41N5O5. The van der Waals surface area contributed by atoms with Crippen LogP contribution in [0, 0.1) is 0 Å². The predicted molar refractivity (Wildman–Crippen MR) is 167 cm³/mol. The van der Waals surface area contributed by atoms with Gasteiger partial charge in [-0.05, 0) is 35.9 Å². The lowest BCUT2D eigenvalue weighted by Crippen LogP contribution is -2.46. The molecule has 5 rings (SSSR count). The summed E-state index contributed by atoms with van der Waals surface area (Å²) in [6.45, 7) is 8.75. The Morgan fingerprint density at radius 3 is 2.16 bits per heavy atom. The fourth-order valence-electron chi connectivity index (χ4n) is 5.45. The maximum atomic E-state index is 13.6. The zero-order chi connectivity index (χ0) is 30.0. The minimum atomic E-state index is -0.321. The summed E-state index contributed by atoms with van der Waals surface area (Å²) in [5.74, 6) is 0.561. The third kappa shape index (κ3) is 8.25. The Hall–Kier alpha value is -4.12. The molecule has 0 aliphatic carbocycles. The van der Waals surface area contributed by atoms with Crippen molar-refractivity contribution < 1.29 is 23.8 Å². The van der Waals surface area contributed by atoms with Crippen molar-refractivity contribution in [1.29, 1.82) is 0 Å². The van der Waals surface area contributed by atoms with Gasteiger partial charge in [0.25, 0.3) is 11.8 Å². The Morgan fingerprint density at radius 1 is 0.791 bits per heavy atom. The second-order valence-electron chi connectivity index (χ2n) is 10.7. The summed E-state index contributed by atoms with van der Waals surface area (Å²) in [6.07, 6.45) is 0. The molecule has 10 heteroatoms. The van der Waals surface area contributed by atoms with E-state index >= 15 is 0 Å². The quantitative estimate of drug-likeness (QED) is 0.353. The summed E-state index contributed by atoms with van der Waals surface area (Å²) in [5.41, 5.74) is 3.64. The van der Waals surface area contributed by atoms with E-state index in [1.165, 1.54) is 5.56 Å². The van der Waals surface area contributed by atoms with Crippen molar-refractivity contribution in [2.75, 3.05) is 90.0 Å². The van der Waals surface area contributed by atoms with Gasteiger partial charge in [-0.1, -0.05) is 30.3 Å². The molecule has 0 unspecified atom stereocenters. The molecule has 0 bridgehead atoms. The van der Waals surface area contributed by atoms with E-state index in [4.69, 9.17) is 14.2 Å². The largest absolute Gasteiger partial charge is 0.497 e. The minimum absolute atomic E-state index is 0.158. The molecule has 2 amide bonds. The van der Waals surface area contributed by atoms with Crippen molar-refractivity contribution >= 4 is 23.2 Å². The van der Waals surface area contributed by atoms with Crippen molar-refractivity contribution in [2.45, 2.75) is 6.54 Å². The molecule has 2 aliphatic rings. The second kappa shape index (κ2) is 14.9. The maximum absolute atomic E-state index is 13.6. The van der Waals surface area contributed by atoms with Crippen molar-refractivity contribution in [1.82, 2.24) is 15.1 Å². The number of carbonyl (C=O) groups is 2. The van der Waals surface area contributed by atoms with Crippen LogP contribution in [0.2, 0.25) is 0 Å². The average Bonchev–Trinajstić information content (AvgIpc) is 3.05. The monoisotopic (exact) mass is 587 g/mol. The van der Waals surface area contributed by atoms with Crippen LogP contribution in [-0.4, -0.2) is 101 Å². The first kappa shape index (κ1) is 30.3. The first-order chi connectivity index (χ1) is 21.0. The highest BCUT2D eigenvalue weighted by molar-refractivity contribution is 6.06. The van der Waals surface area contributed by atoms with Gasteiger partial charge in [-0.2, -0.15) is 0 Å². The van der Waals surface area contributed by atoms with Crippen LogP contribution in [0.3, 0.4) is 0 Å². The SMILES string of the molecule is COc1cc(OC)cc(C(=O)Nc2ccc(N3CCN(Cc4ccccc4)CC3)c(C(=O)NCCN3CCOCC3)c2)c1. The van der Waals surface area contributed by atoms with Crippen LogP contribution in [0.1, 0.15) is 26.3 Å². The van der Waals surface area contributed by atoms with Gasteiger partial charge in [-0.15, -0.1) is 0 Å². The molecule has 0 spiro atoms. The van der Waals surface area contributed by atoms with Crippen molar-refractivity contribution in [3.8, 4) is 11.5 Å². The molecule has 2 aliphatic heterocycles. The van der Waals surface area contributed by atoms with Crippen molar-refractivity contribution in [3.05, 3.63) is 83.4 Å². The zero-order valence-electron chi connectivity index (χ0n) is 25.0. The molecule has 43 heavy (non-hydrogen) atoms. The van der Waals surface area contributed by atoms with E-state index in [1.807, 2.05) is 18.2 Å². The van der Waals surface area contributed by atoms with Gasteiger partial charge in [0.15, 0.2) is 0 Å². The molecule has 3 aromatic carbocycles. The molecule has 0 radical (unpaired) electrons. The van der Waals surface area contributed by atoms with Gasteiger partial charge in [-0.3, -0.25) is 19.4 Å². The lowest BCUT2D eigenvalue weighted by Gasteiger charge is -2.37. The number of hydrogen-bond acceptors (Lipinski definition) is 8. The number of hydrogen-bond donors (Lipinski definition) is 2. The van der Waals surface area contributed by atoms with Gasteiger partial charge in [0.1, 0.15) is 11.5 Å². The Kier molecular flexibility index (Phi) is 10.5. The van der Waals surface area contributed by atoms with E-state index in [-0.39, 0.29) is 11.8 Å². The number of anilines is 2. The van der Waals surface area contributed by atoms with Crippen LogP contribution in [0.4, 0.5) is 11.4 Å². The number of ether oxygens (including phenoxy) is 3. The summed E-state index contributed by atoms with van der Waals surface area (Å²) in [6, 6.07) is 21.1. The summed E-state index contributed by atoms with van der Waals surface area (Å²) in [4.78, 5) is 33.8. The van der Waals surface area contributed by atoms with Crippen LogP contribution >= 0.6 is 0 Å². The smallest absolute Gasteiger partial charge is 0.255 e. The fourth-order valence-corrected chi connectivity index (χ4v) is 5.45. The van der Waals surface area contributed by atoms with E-state index in [0.29, 0.717) is 34.9 Å². The third-order valence-electron chi connectivity index (χ3n) is 7.89. The molecule has 2 saturated heterocycles. The first-order valence-electron chi connectivity index (χ1n) is 14.8. The van der Waals surface area contributed by atoms with Crippen LogP contribution < -0.4 is 25.0 Å². The molecule has 10 nitrogen and oxygen atoms in total. The summed E-state index contributed by atoms with van der Waals surface area (Å²) >= 11 is 0. The molecule has 3 aromatic rings. The predicted octanol–water partition coefficient (Wildman–Crippen LogP) is 3.34. The van der Waals surface area contributed by atoms with Gasteiger partial charge in [0.2, 0.25) is 0 Å². The highest BCUT2D eigenvalue weighted by Gasteiger charge is 2.23. The Balaban J connectivity index is 1.30. The highest BCUT2D eigenvalue weighted by atomic mass is 16.5. The number of rotatable bonds is 11. The molecule has 0 saturated carbocycles. The standard InChI is InChI=1S/C33H41N5O5/c1-41-28-20-26(21-29(23-28)42-2)32(39)35-27-8-9-31(30(22-27)33(40)34-10-11-36-16-18-43-19-17-36)38-14-12-37(13-15-38)24-25-6-4-3-5-7-25/h3-9,20-23H,10-19,24H2,1-2H3,(H,34,40)(H,35,39). The molecule has 0 aromatic heterocycles. The number of amides is 2. The van der Waals surface area contributed by atoms with E-state index in [9.17, 15) is 9.59 Å². The van der Waals surface area contributed by atoms with Gasteiger partial charge in [0.05, 0.1) is 33.0 Å². The van der Waals surface area contributed by atoms with Gasteiger partial charge >= 0.3 is 0 Å². The van der Waals surface area contributed by atoms with E-state index in [0.717, 1.165) is 71.3 Å². The third-order valence-corrected chi connectivity index (χ3v) is 7.89. The molecule has 2 fully saturated rings. The molecule has 0 atom stereocenters. The topological polar surface area (TPSA) is 95.6 Å². The molecule has 2 N–H and O–H groups in total. The highest BCUT2D eigenvalue weighted by Crippen LogP contribution is 2.28. The van der Waals surface area contributed by atoms with Crippen LogP contribution in [-0.2, 0) is 11.3 Å². The second-order valence-corrected chi connectivity index (χ2v) is 10.7. The maximum Gasteiger partial charge on any atom is 0.255 e. The number of morpholine rings is 1. The lowest BCUT2D eigenvalue weighted by molar-refractivity contribution is 0.0383.